The summed E-state index contributed by atoms with van der Waals surface area (Å²) >= 11 is 0. The fourth-order valence-electron chi connectivity index (χ4n) is 5.21. The van der Waals surface area contributed by atoms with Crippen LogP contribution >= 0.6 is 0 Å². The van der Waals surface area contributed by atoms with Gasteiger partial charge < -0.3 is 5.32 Å². The number of hydrogen-bond donors (Lipinski definition) is 1. The summed E-state index contributed by atoms with van der Waals surface area (Å²) in [6, 6.07) is 11.2. The minimum absolute atomic E-state index is 0.196. The van der Waals surface area contributed by atoms with Gasteiger partial charge in [0.15, 0.2) is 0 Å². The fourth-order valence-corrected chi connectivity index (χ4v) is 5.21. The SMILES string of the molecule is O=C(CN1C[C@@H]2CC[C@H]1C2)NC1CCC(n2nnc(-c3ccccc3)n2)CC1. The third-order valence-corrected chi connectivity index (χ3v) is 6.72. The smallest absolute Gasteiger partial charge is 0.234 e. The number of hydrogen-bond acceptors (Lipinski definition) is 5. The predicted octanol–water partition coefficient (Wildman–Crippen LogP) is 2.42. The molecule has 2 bridgehead atoms. The largest absolute Gasteiger partial charge is 0.352 e. The summed E-state index contributed by atoms with van der Waals surface area (Å²) in [7, 11) is 0. The Bertz CT molecular complexity index is 813. The highest BCUT2D eigenvalue weighted by Crippen LogP contribution is 2.37. The number of rotatable bonds is 5. The maximum Gasteiger partial charge on any atom is 0.234 e. The number of amides is 1. The Labute approximate surface area is 165 Å². The van der Waals surface area contributed by atoms with E-state index in [2.05, 4.69) is 25.6 Å². The Balaban J connectivity index is 1.11. The van der Waals surface area contributed by atoms with Gasteiger partial charge in [0, 0.05) is 24.2 Å². The van der Waals surface area contributed by atoms with Crippen molar-refractivity contribution in [2.75, 3.05) is 13.1 Å². The number of nitrogens with zero attached hydrogens (tertiary/aromatic N) is 5. The number of likely N-dealkylation sites (tertiary alicyclic amines) is 1. The molecule has 3 aliphatic rings. The zero-order chi connectivity index (χ0) is 18.9. The zero-order valence-corrected chi connectivity index (χ0v) is 16.2. The van der Waals surface area contributed by atoms with Gasteiger partial charge in [0.05, 0.1) is 12.6 Å². The molecule has 1 aromatic carbocycles. The Morgan fingerprint density at radius 1 is 1.04 bits per heavy atom. The standard InChI is InChI=1S/C21H28N6O/c28-20(14-26-13-15-6-9-19(26)12-15)22-17-7-10-18(11-8-17)27-24-21(23-25-27)16-4-2-1-3-5-16/h1-5,15,17-19H,6-14H2,(H,22,28)/t15-,17?,18?,19+/m1/s1. The fraction of sp³-hybridized carbons (Fsp3) is 0.619. The first kappa shape index (κ1) is 17.8. The van der Waals surface area contributed by atoms with E-state index >= 15 is 0 Å². The Kier molecular flexibility index (Phi) is 4.84. The quantitative estimate of drug-likeness (QED) is 0.862. The Morgan fingerprint density at radius 3 is 2.54 bits per heavy atom. The van der Waals surface area contributed by atoms with E-state index in [-0.39, 0.29) is 18.0 Å². The number of carbonyl (C=O) groups is 1. The number of fused-ring (bicyclic) bond motifs is 2. The highest BCUT2D eigenvalue weighted by Gasteiger charge is 2.38. The molecule has 0 spiro atoms. The molecule has 1 amide bonds. The van der Waals surface area contributed by atoms with Crippen LogP contribution in [0, 0.1) is 5.92 Å². The van der Waals surface area contributed by atoms with Crippen molar-refractivity contribution >= 4 is 5.91 Å². The van der Waals surface area contributed by atoms with E-state index in [4.69, 9.17) is 0 Å². The van der Waals surface area contributed by atoms with E-state index in [1.54, 1.807) is 4.80 Å². The van der Waals surface area contributed by atoms with Gasteiger partial charge in [-0.1, -0.05) is 30.3 Å². The Hall–Kier alpha value is -2.28. The molecule has 1 N–H and O–H groups in total. The van der Waals surface area contributed by atoms with Crippen molar-refractivity contribution in [3.63, 3.8) is 0 Å². The summed E-state index contributed by atoms with van der Waals surface area (Å²) in [6.45, 7) is 1.69. The normalized spacial score (nSPS) is 29.9. The average molecular weight is 380 g/mol. The molecule has 1 aliphatic heterocycles. The average Bonchev–Trinajstić information content (AvgIpc) is 3.46. The first-order valence-electron chi connectivity index (χ1n) is 10.6. The second-order valence-corrected chi connectivity index (χ2v) is 8.63. The van der Waals surface area contributed by atoms with Crippen molar-refractivity contribution in [3.05, 3.63) is 30.3 Å². The third kappa shape index (κ3) is 3.68. The van der Waals surface area contributed by atoms with Gasteiger partial charge in [0.2, 0.25) is 11.7 Å². The van der Waals surface area contributed by atoms with Crippen LogP contribution in [0.3, 0.4) is 0 Å². The zero-order valence-electron chi connectivity index (χ0n) is 16.2. The highest BCUT2D eigenvalue weighted by molar-refractivity contribution is 5.78. The van der Waals surface area contributed by atoms with Crippen LogP contribution in [0.1, 0.15) is 51.0 Å². The van der Waals surface area contributed by atoms with Crippen molar-refractivity contribution in [3.8, 4) is 11.4 Å². The molecular formula is C21H28N6O. The van der Waals surface area contributed by atoms with E-state index in [0.717, 1.165) is 43.7 Å². The molecule has 2 aromatic rings. The lowest BCUT2D eigenvalue weighted by Crippen LogP contribution is -2.45. The number of piperidine rings is 1. The molecule has 1 aromatic heterocycles. The summed E-state index contributed by atoms with van der Waals surface area (Å²) in [4.78, 5) is 16.6. The third-order valence-electron chi connectivity index (χ3n) is 6.72. The van der Waals surface area contributed by atoms with E-state index in [0.29, 0.717) is 18.4 Å². The molecule has 5 rings (SSSR count). The predicted molar refractivity (Wildman–Crippen MR) is 105 cm³/mol. The number of benzene rings is 1. The van der Waals surface area contributed by atoms with Crippen LogP contribution < -0.4 is 5.32 Å². The maximum absolute atomic E-state index is 12.5. The number of nitrogens with one attached hydrogen (secondary N) is 1. The number of aromatic nitrogens is 4. The topological polar surface area (TPSA) is 75.9 Å². The van der Waals surface area contributed by atoms with Crippen LogP contribution in [-0.2, 0) is 4.79 Å². The van der Waals surface area contributed by atoms with Gasteiger partial charge >= 0.3 is 0 Å². The molecule has 7 heteroatoms. The summed E-state index contributed by atoms with van der Waals surface area (Å²) in [5.74, 6) is 1.71. The summed E-state index contributed by atoms with van der Waals surface area (Å²) < 4.78 is 0. The van der Waals surface area contributed by atoms with Crippen LogP contribution in [-0.4, -0.2) is 56.2 Å². The molecule has 148 valence electrons. The summed E-state index contributed by atoms with van der Waals surface area (Å²) in [5.41, 5.74) is 0.991. The van der Waals surface area contributed by atoms with Crippen LogP contribution in [0.4, 0.5) is 0 Å². The molecule has 28 heavy (non-hydrogen) atoms. The van der Waals surface area contributed by atoms with Gasteiger partial charge in [-0.2, -0.15) is 4.80 Å². The lowest BCUT2D eigenvalue weighted by Gasteiger charge is -2.30. The minimum atomic E-state index is 0.196. The second kappa shape index (κ2) is 7.62. The van der Waals surface area contributed by atoms with Gasteiger partial charge in [0.1, 0.15) is 0 Å². The van der Waals surface area contributed by atoms with E-state index < -0.39 is 0 Å². The number of carbonyl (C=O) groups excluding carboxylic acids is 1. The van der Waals surface area contributed by atoms with Crippen molar-refractivity contribution in [2.24, 2.45) is 5.92 Å². The molecule has 7 nitrogen and oxygen atoms in total. The van der Waals surface area contributed by atoms with Crippen molar-refractivity contribution in [2.45, 2.75) is 63.1 Å². The van der Waals surface area contributed by atoms with Gasteiger partial charge in [-0.25, -0.2) is 0 Å². The molecule has 2 heterocycles. The Morgan fingerprint density at radius 2 is 1.82 bits per heavy atom. The van der Waals surface area contributed by atoms with Gasteiger partial charge in [-0.05, 0) is 56.1 Å². The molecule has 2 aliphatic carbocycles. The first-order valence-corrected chi connectivity index (χ1v) is 10.6. The van der Waals surface area contributed by atoms with Crippen LogP contribution in [0.5, 0.6) is 0 Å². The van der Waals surface area contributed by atoms with Gasteiger partial charge in [-0.15, -0.1) is 10.2 Å². The second-order valence-electron chi connectivity index (χ2n) is 8.63. The maximum atomic E-state index is 12.5. The van der Waals surface area contributed by atoms with Crippen LogP contribution in [0.25, 0.3) is 11.4 Å². The molecular weight excluding hydrogens is 352 g/mol. The summed E-state index contributed by atoms with van der Waals surface area (Å²) in [5, 5.41) is 16.3. The van der Waals surface area contributed by atoms with Crippen molar-refractivity contribution in [1.82, 2.24) is 30.4 Å². The molecule has 0 unspecified atom stereocenters. The van der Waals surface area contributed by atoms with Crippen molar-refractivity contribution < 1.29 is 4.79 Å². The van der Waals surface area contributed by atoms with Gasteiger partial charge in [-0.3, -0.25) is 9.69 Å². The van der Waals surface area contributed by atoms with Crippen LogP contribution in [0.15, 0.2) is 30.3 Å². The summed E-state index contributed by atoms with van der Waals surface area (Å²) in [6.07, 6.45) is 7.84. The van der Waals surface area contributed by atoms with Crippen LogP contribution in [0.2, 0.25) is 0 Å². The molecule has 2 saturated carbocycles. The van der Waals surface area contributed by atoms with E-state index in [1.165, 1.54) is 19.3 Å². The van der Waals surface area contributed by atoms with Crippen molar-refractivity contribution in [1.29, 1.82) is 0 Å². The lowest BCUT2D eigenvalue weighted by molar-refractivity contribution is -0.123. The lowest BCUT2D eigenvalue weighted by atomic mass is 9.91. The highest BCUT2D eigenvalue weighted by atomic mass is 16.2. The molecule has 1 saturated heterocycles. The molecule has 0 radical (unpaired) electrons. The van der Waals surface area contributed by atoms with E-state index in [9.17, 15) is 4.79 Å². The molecule has 3 fully saturated rings. The molecule has 2 atom stereocenters. The number of tetrazole rings is 1. The first-order chi connectivity index (χ1) is 13.7. The minimum Gasteiger partial charge on any atom is -0.352 e. The van der Waals surface area contributed by atoms with E-state index in [1.807, 2.05) is 30.3 Å². The monoisotopic (exact) mass is 380 g/mol. The van der Waals surface area contributed by atoms with Gasteiger partial charge in [0.25, 0.3) is 0 Å².